The monoisotopic (exact) mass is 426 g/mol. The van der Waals surface area contributed by atoms with Gasteiger partial charge >= 0.3 is 0 Å². The smallest absolute Gasteiger partial charge is 0.191 e. The number of anilines is 1. The molecule has 0 amide bonds. The SMILES string of the molecule is COc1cc2c(cc1OCCCN1CCN(c3ccccc3)CC1O)COC(C)C2=O. The molecule has 2 aliphatic rings. The number of hydrogen-bond acceptors (Lipinski definition) is 7. The lowest BCUT2D eigenvalue weighted by Crippen LogP contribution is -2.53. The summed E-state index contributed by atoms with van der Waals surface area (Å²) >= 11 is 0. The number of piperazine rings is 1. The number of ether oxygens (including phenoxy) is 3. The number of aliphatic hydroxyl groups excluding tert-OH is 1. The molecule has 2 aromatic carbocycles. The van der Waals surface area contributed by atoms with Gasteiger partial charge in [0.05, 0.1) is 26.9 Å². The molecule has 2 aliphatic heterocycles. The molecule has 0 spiro atoms. The first kappa shape index (κ1) is 21.6. The molecular weight excluding hydrogens is 396 g/mol. The van der Waals surface area contributed by atoms with Gasteiger partial charge in [0.15, 0.2) is 17.3 Å². The third-order valence-corrected chi connectivity index (χ3v) is 5.94. The van der Waals surface area contributed by atoms with Gasteiger partial charge in [0, 0.05) is 30.9 Å². The van der Waals surface area contributed by atoms with Crippen LogP contribution in [-0.2, 0) is 11.3 Å². The highest BCUT2D eigenvalue weighted by Gasteiger charge is 2.27. The molecule has 0 bridgehead atoms. The third kappa shape index (κ3) is 4.84. The van der Waals surface area contributed by atoms with Gasteiger partial charge in [0.1, 0.15) is 12.3 Å². The Balaban J connectivity index is 1.29. The predicted octanol–water partition coefficient (Wildman–Crippen LogP) is 2.71. The number of ketones is 1. The molecule has 7 heteroatoms. The van der Waals surface area contributed by atoms with Gasteiger partial charge in [-0.3, -0.25) is 9.69 Å². The molecule has 2 heterocycles. The highest BCUT2D eigenvalue weighted by atomic mass is 16.5. The van der Waals surface area contributed by atoms with Crippen molar-refractivity contribution < 1.29 is 24.1 Å². The summed E-state index contributed by atoms with van der Waals surface area (Å²) in [5, 5.41) is 10.6. The standard InChI is InChI=1S/C24H30N2O5/c1-17-24(28)20-14-21(29-2)22(13-18(20)16-31-17)30-12-6-9-25-10-11-26(15-23(25)27)19-7-4-3-5-8-19/h3-5,7-8,13-14,17,23,27H,6,9-12,15-16H2,1-2H3. The van der Waals surface area contributed by atoms with Crippen molar-refractivity contribution in [2.45, 2.75) is 32.3 Å². The maximum absolute atomic E-state index is 12.3. The lowest BCUT2D eigenvalue weighted by Gasteiger charge is -2.39. The van der Waals surface area contributed by atoms with Crippen molar-refractivity contribution in [3.63, 3.8) is 0 Å². The summed E-state index contributed by atoms with van der Waals surface area (Å²) in [6.45, 7) is 5.66. The van der Waals surface area contributed by atoms with Crippen LogP contribution >= 0.6 is 0 Å². The fraction of sp³-hybridized carbons (Fsp3) is 0.458. The van der Waals surface area contributed by atoms with Crippen LogP contribution in [0.25, 0.3) is 0 Å². The number of hydrogen-bond donors (Lipinski definition) is 1. The number of para-hydroxylation sites is 1. The largest absolute Gasteiger partial charge is 0.493 e. The minimum absolute atomic E-state index is 0.0327. The number of benzene rings is 2. The van der Waals surface area contributed by atoms with Crippen molar-refractivity contribution >= 4 is 11.5 Å². The van der Waals surface area contributed by atoms with E-state index in [1.165, 1.54) is 0 Å². The van der Waals surface area contributed by atoms with E-state index < -0.39 is 12.3 Å². The molecule has 1 fully saturated rings. The summed E-state index contributed by atoms with van der Waals surface area (Å²) in [6.07, 6.45) is -0.162. The average Bonchev–Trinajstić information content (AvgIpc) is 2.80. The minimum atomic E-state index is -0.502. The van der Waals surface area contributed by atoms with E-state index in [0.717, 1.165) is 37.3 Å². The lowest BCUT2D eigenvalue weighted by molar-refractivity contribution is -0.00576. The van der Waals surface area contributed by atoms with Crippen molar-refractivity contribution in [3.8, 4) is 11.5 Å². The molecule has 1 N–H and O–H groups in total. The Kier molecular flexibility index (Phi) is 6.75. The molecule has 2 unspecified atom stereocenters. The number of fused-ring (bicyclic) bond motifs is 1. The summed E-state index contributed by atoms with van der Waals surface area (Å²) < 4.78 is 16.9. The number of Topliss-reactive ketones (excluding diaryl/α,β-unsaturated/α-hetero) is 1. The number of nitrogens with zero attached hydrogens (tertiary/aromatic N) is 2. The number of β-amino-alcohol motifs (C(OH)–C–C–N with tert-alkyl or cyclic N) is 1. The van der Waals surface area contributed by atoms with E-state index in [9.17, 15) is 9.90 Å². The Hall–Kier alpha value is -2.61. The van der Waals surface area contributed by atoms with Crippen molar-refractivity contribution in [3.05, 3.63) is 53.6 Å². The Morgan fingerprint density at radius 1 is 1.16 bits per heavy atom. The topological polar surface area (TPSA) is 71.5 Å². The summed E-state index contributed by atoms with van der Waals surface area (Å²) in [5.74, 6) is 1.13. The highest BCUT2D eigenvalue weighted by Crippen LogP contribution is 2.34. The van der Waals surface area contributed by atoms with Crippen LogP contribution < -0.4 is 14.4 Å². The normalized spacial score (nSPS) is 21.6. The van der Waals surface area contributed by atoms with Crippen LogP contribution in [0.3, 0.4) is 0 Å². The molecule has 0 saturated carbocycles. The molecule has 0 radical (unpaired) electrons. The second-order valence-electron chi connectivity index (χ2n) is 7.98. The fourth-order valence-electron chi connectivity index (χ4n) is 4.12. The molecule has 1 saturated heterocycles. The molecule has 2 aromatic rings. The number of methoxy groups -OCH3 is 1. The van der Waals surface area contributed by atoms with Crippen LogP contribution in [0.5, 0.6) is 11.5 Å². The third-order valence-electron chi connectivity index (χ3n) is 5.94. The number of carbonyl (C=O) groups is 1. The Morgan fingerprint density at radius 3 is 2.71 bits per heavy atom. The van der Waals surface area contributed by atoms with Crippen LogP contribution in [0.4, 0.5) is 5.69 Å². The zero-order valence-electron chi connectivity index (χ0n) is 18.1. The molecule has 4 rings (SSSR count). The van der Waals surface area contributed by atoms with E-state index >= 15 is 0 Å². The van der Waals surface area contributed by atoms with E-state index in [4.69, 9.17) is 14.2 Å². The van der Waals surface area contributed by atoms with E-state index in [1.54, 1.807) is 20.1 Å². The van der Waals surface area contributed by atoms with Crippen LogP contribution in [0, 0.1) is 0 Å². The first-order chi connectivity index (χ1) is 15.1. The molecule has 166 valence electrons. The Bertz CT molecular complexity index is 904. The molecule has 7 nitrogen and oxygen atoms in total. The second kappa shape index (κ2) is 9.68. The van der Waals surface area contributed by atoms with Crippen LogP contribution in [0.15, 0.2) is 42.5 Å². The van der Waals surface area contributed by atoms with Crippen molar-refractivity contribution in [2.75, 3.05) is 44.8 Å². The summed E-state index contributed by atoms with van der Waals surface area (Å²) in [7, 11) is 1.57. The molecule has 31 heavy (non-hydrogen) atoms. The quantitative estimate of drug-likeness (QED) is 0.683. The van der Waals surface area contributed by atoms with Crippen LogP contribution in [0.1, 0.15) is 29.3 Å². The van der Waals surface area contributed by atoms with Gasteiger partial charge in [-0.1, -0.05) is 18.2 Å². The van der Waals surface area contributed by atoms with Gasteiger partial charge in [0.25, 0.3) is 0 Å². The molecule has 0 aliphatic carbocycles. The van der Waals surface area contributed by atoms with Gasteiger partial charge in [-0.15, -0.1) is 0 Å². The van der Waals surface area contributed by atoms with Crippen LogP contribution in [-0.4, -0.2) is 68.0 Å². The van der Waals surface area contributed by atoms with Crippen molar-refractivity contribution in [2.24, 2.45) is 0 Å². The summed E-state index contributed by atoms with van der Waals surface area (Å²) in [6, 6.07) is 13.8. The predicted molar refractivity (Wildman–Crippen MR) is 118 cm³/mol. The van der Waals surface area contributed by atoms with Crippen molar-refractivity contribution in [1.82, 2.24) is 4.90 Å². The summed E-state index contributed by atoms with van der Waals surface area (Å²) in [5.41, 5.74) is 2.61. The summed E-state index contributed by atoms with van der Waals surface area (Å²) in [4.78, 5) is 16.6. The molecular formula is C24H30N2O5. The fourth-order valence-corrected chi connectivity index (χ4v) is 4.12. The molecule has 0 aromatic heterocycles. The Labute approximate surface area is 183 Å². The van der Waals surface area contributed by atoms with E-state index in [0.29, 0.717) is 36.8 Å². The Morgan fingerprint density at radius 2 is 1.97 bits per heavy atom. The van der Waals surface area contributed by atoms with Gasteiger partial charge in [-0.25, -0.2) is 0 Å². The van der Waals surface area contributed by atoms with E-state index in [1.807, 2.05) is 24.3 Å². The van der Waals surface area contributed by atoms with Crippen molar-refractivity contribution in [1.29, 1.82) is 0 Å². The number of aliphatic hydroxyl groups is 1. The van der Waals surface area contributed by atoms with Gasteiger partial charge in [-0.2, -0.15) is 0 Å². The molecule has 2 atom stereocenters. The highest BCUT2D eigenvalue weighted by molar-refractivity contribution is 6.01. The van der Waals surface area contributed by atoms with Crippen LogP contribution in [0.2, 0.25) is 0 Å². The van der Waals surface area contributed by atoms with E-state index in [2.05, 4.69) is 21.9 Å². The first-order valence-electron chi connectivity index (χ1n) is 10.8. The maximum atomic E-state index is 12.3. The van der Waals surface area contributed by atoms with Gasteiger partial charge in [-0.05, 0) is 43.2 Å². The first-order valence-corrected chi connectivity index (χ1v) is 10.8. The number of carbonyl (C=O) groups excluding carboxylic acids is 1. The average molecular weight is 427 g/mol. The lowest BCUT2D eigenvalue weighted by atomic mass is 9.97. The maximum Gasteiger partial charge on any atom is 0.191 e. The zero-order valence-corrected chi connectivity index (χ0v) is 18.1. The van der Waals surface area contributed by atoms with Gasteiger partial charge in [0.2, 0.25) is 0 Å². The van der Waals surface area contributed by atoms with Gasteiger partial charge < -0.3 is 24.2 Å². The second-order valence-corrected chi connectivity index (χ2v) is 7.98. The number of rotatable bonds is 7. The zero-order chi connectivity index (χ0) is 21.8. The van der Waals surface area contributed by atoms with E-state index in [-0.39, 0.29) is 5.78 Å². The minimum Gasteiger partial charge on any atom is -0.493 e.